The first-order valence-corrected chi connectivity index (χ1v) is 8.34. The van der Waals surface area contributed by atoms with Gasteiger partial charge < -0.3 is 15.0 Å². The number of nitrogens with one attached hydrogen (secondary N) is 1. The molecule has 2 amide bonds. The highest BCUT2D eigenvalue weighted by atomic mass is 16.5. The summed E-state index contributed by atoms with van der Waals surface area (Å²) in [6.45, 7) is 5.09. The van der Waals surface area contributed by atoms with Crippen LogP contribution in [0.3, 0.4) is 0 Å². The number of anilines is 1. The van der Waals surface area contributed by atoms with E-state index in [0.29, 0.717) is 43.1 Å². The quantitative estimate of drug-likeness (QED) is 0.929. The molecule has 0 atom stereocenters. The molecular weight excluding hydrogens is 318 g/mol. The Hall–Kier alpha value is -2.89. The summed E-state index contributed by atoms with van der Waals surface area (Å²) in [5.41, 5.74) is 3.06. The molecule has 0 aliphatic carbocycles. The van der Waals surface area contributed by atoms with Gasteiger partial charge in [-0.1, -0.05) is 12.1 Å². The van der Waals surface area contributed by atoms with Crippen LogP contribution in [-0.4, -0.2) is 34.8 Å². The molecule has 6 nitrogen and oxygen atoms in total. The molecule has 0 saturated heterocycles. The number of fused-ring (bicyclic) bond motifs is 1. The molecule has 1 aromatic carbocycles. The summed E-state index contributed by atoms with van der Waals surface area (Å²) < 4.78 is 5.55. The first-order chi connectivity index (χ1) is 12.1. The third-order valence-electron chi connectivity index (χ3n) is 4.26. The van der Waals surface area contributed by atoms with Gasteiger partial charge in [0.1, 0.15) is 5.75 Å². The van der Waals surface area contributed by atoms with E-state index in [4.69, 9.17) is 4.74 Å². The lowest BCUT2D eigenvalue weighted by Crippen LogP contribution is -2.35. The van der Waals surface area contributed by atoms with E-state index in [2.05, 4.69) is 10.3 Å². The fourth-order valence-corrected chi connectivity index (χ4v) is 3.00. The SMILES string of the molecule is CCOc1ccccc1NC(=O)c1cncc2c1CCN(C(C)=O)C2. The van der Waals surface area contributed by atoms with Crippen LogP contribution in [0.25, 0.3) is 0 Å². The molecule has 130 valence electrons. The van der Waals surface area contributed by atoms with Crippen molar-refractivity contribution in [2.45, 2.75) is 26.8 Å². The molecule has 0 radical (unpaired) electrons. The number of pyridine rings is 1. The molecule has 3 rings (SSSR count). The molecule has 0 bridgehead atoms. The highest BCUT2D eigenvalue weighted by Crippen LogP contribution is 2.26. The normalized spacial score (nSPS) is 13.1. The van der Waals surface area contributed by atoms with Crippen LogP contribution < -0.4 is 10.1 Å². The van der Waals surface area contributed by atoms with Crippen molar-refractivity contribution >= 4 is 17.5 Å². The Labute approximate surface area is 146 Å². The Bertz CT molecular complexity index is 804. The molecule has 1 aliphatic rings. The molecule has 0 saturated carbocycles. The first-order valence-electron chi connectivity index (χ1n) is 8.34. The van der Waals surface area contributed by atoms with Crippen molar-refractivity contribution in [3.8, 4) is 5.75 Å². The second-order valence-corrected chi connectivity index (χ2v) is 5.90. The van der Waals surface area contributed by atoms with Gasteiger partial charge in [0.25, 0.3) is 5.91 Å². The molecule has 1 N–H and O–H groups in total. The monoisotopic (exact) mass is 339 g/mol. The van der Waals surface area contributed by atoms with Gasteiger partial charge in [0.05, 0.1) is 17.9 Å². The van der Waals surface area contributed by atoms with Crippen LogP contribution in [0.15, 0.2) is 36.7 Å². The number of hydrogen-bond donors (Lipinski definition) is 1. The Morgan fingerprint density at radius 2 is 2.08 bits per heavy atom. The lowest BCUT2D eigenvalue weighted by atomic mass is 9.96. The van der Waals surface area contributed by atoms with Crippen LogP contribution in [0, 0.1) is 0 Å². The average molecular weight is 339 g/mol. The maximum atomic E-state index is 12.8. The van der Waals surface area contributed by atoms with E-state index in [9.17, 15) is 9.59 Å². The number of ether oxygens (including phenoxy) is 1. The molecule has 1 aliphatic heterocycles. The lowest BCUT2D eigenvalue weighted by Gasteiger charge is -2.28. The number of hydrogen-bond acceptors (Lipinski definition) is 4. The molecule has 0 unspecified atom stereocenters. The van der Waals surface area contributed by atoms with Gasteiger partial charge in [0, 0.05) is 32.4 Å². The van der Waals surface area contributed by atoms with E-state index in [1.807, 2.05) is 31.2 Å². The third-order valence-corrected chi connectivity index (χ3v) is 4.26. The van der Waals surface area contributed by atoms with Crippen LogP contribution in [0.1, 0.15) is 35.3 Å². The van der Waals surface area contributed by atoms with Crippen molar-refractivity contribution in [1.29, 1.82) is 0 Å². The molecule has 2 aromatic rings. The minimum absolute atomic E-state index is 0.0335. The Morgan fingerprint density at radius 3 is 2.84 bits per heavy atom. The third kappa shape index (κ3) is 3.63. The maximum Gasteiger partial charge on any atom is 0.257 e. The number of amides is 2. The number of rotatable bonds is 4. The summed E-state index contributed by atoms with van der Waals surface area (Å²) in [4.78, 5) is 30.3. The number of nitrogens with zero attached hydrogens (tertiary/aromatic N) is 2. The molecule has 2 heterocycles. The van der Waals surface area contributed by atoms with Crippen LogP contribution in [0.5, 0.6) is 5.75 Å². The molecule has 0 fully saturated rings. The fraction of sp³-hybridized carbons (Fsp3) is 0.316. The topological polar surface area (TPSA) is 71.5 Å². The fourth-order valence-electron chi connectivity index (χ4n) is 3.00. The number of carbonyl (C=O) groups is 2. The zero-order valence-corrected chi connectivity index (χ0v) is 14.4. The molecule has 0 spiro atoms. The van der Waals surface area contributed by atoms with Crippen LogP contribution in [0.4, 0.5) is 5.69 Å². The predicted octanol–water partition coefficient (Wildman–Crippen LogP) is 2.64. The average Bonchev–Trinajstić information content (AvgIpc) is 2.62. The van der Waals surface area contributed by atoms with Gasteiger partial charge in [-0.3, -0.25) is 14.6 Å². The summed E-state index contributed by atoms with van der Waals surface area (Å²) in [6.07, 6.45) is 3.96. The van der Waals surface area contributed by atoms with Crippen molar-refractivity contribution in [3.63, 3.8) is 0 Å². The molecular formula is C19H21N3O3. The van der Waals surface area contributed by atoms with Gasteiger partial charge in [-0.25, -0.2) is 0 Å². The van der Waals surface area contributed by atoms with E-state index in [-0.39, 0.29) is 11.8 Å². The zero-order valence-electron chi connectivity index (χ0n) is 14.4. The highest BCUT2D eigenvalue weighted by Gasteiger charge is 2.23. The van der Waals surface area contributed by atoms with Gasteiger partial charge in [-0.15, -0.1) is 0 Å². The standard InChI is InChI=1S/C19H21N3O3/c1-3-25-18-7-5-4-6-17(18)21-19(24)16-11-20-10-14-12-22(13(2)23)9-8-15(14)16/h4-7,10-11H,3,8-9,12H2,1-2H3,(H,21,24). The minimum Gasteiger partial charge on any atom is -0.492 e. The van der Waals surface area contributed by atoms with Crippen molar-refractivity contribution in [1.82, 2.24) is 9.88 Å². The van der Waals surface area contributed by atoms with Gasteiger partial charge in [-0.2, -0.15) is 0 Å². The number of aromatic nitrogens is 1. The van der Waals surface area contributed by atoms with Crippen LogP contribution in [0.2, 0.25) is 0 Å². The summed E-state index contributed by atoms with van der Waals surface area (Å²) in [6, 6.07) is 7.34. The Kier molecular flexibility index (Phi) is 4.97. The minimum atomic E-state index is -0.215. The summed E-state index contributed by atoms with van der Waals surface area (Å²) in [5, 5.41) is 2.91. The largest absolute Gasteiger partial charge is 0.492 e. The van der Waals surface area contributed by atoms with Crippen LogP contribution >= 0.6 is 0 Å². The van der Waals surface area contributed by atoms with Crippen molar-refractivity contribution in [2.75, 3.05) is 18.5 Å². The smallest absolute Gasteiger partial charge is 0.257 e. The van der Waals surface area contributed by atoms with Gasteiger partial charge in [0.2, 0.25) is 5.91 Å². The van der Waals surface area contributed by atoms with Crippen molar-refractivity contribution < 1.29 is 14.3 Å². The second-order valence-electron chi connectivity index (χ2n) is 5.90. The molecule has 6 heteroatoms. The summed E-state index contributed by atoms with van der Waals surface area (Å²) >= 11 is 0. The van der Waals surface area contributed by atoms with E-state index < -0.39 is 0 Å². The maximum absolute atomic E-state index is 12.8. The van der Waals surface area contributed by atoms with E-state index in [1.165, 1.54) is 0 Å². The van der Waals surface area contributed by atoms with Crippen molar-refractivity contribution in [3.05, 3.63) is 53.3 Å². The number of benzene rings is 1. The number of para-hydroxylation sites is 2. The summed E-state index contributed by atoms with van der Waals surface area (Å²) in [5.74, 6) is 0.456. The highest BCUT2D eigenvalue weighted by molar-refractivity contribution is 6.06. The Morgan fingerprint density at radius 1 is 1.28 bits per heavy atom. The van der Waals surface area contributed by atoms with E-state index in [1.54, 1.807) is 24.2 Å². The molecule has 1 aromatic heterocycles. The first kappa shape index (κ1) is 17.0. The zero-order chi connectivity index (χ0) is 17.8. The number of carbonyl (C=O) groups excluding carboxylic acids is 2. The predicted molar refractivity (Wildman–Crippen MR) is 94.6 cm³/mol. The van der Waals surface area contributed by atoms with Crippen LogP contribution in [-0.2, 0) is 17.8 Å². The summed E-state index contributed by atoms with van der Waals surface area (Å²) in [7, 11) is 0. The van der Waals surface area contributed by atoms with Crippen molar-refractivity contribution in [2.24, 2.45) is 0 Å². The van der Waals surface area contributed by atoms with E-state index in [0.717, 1.165) is 11.1 Å². The lowest BCUT2D eigenvalue weighted by molar-refractivity contribution is -0.129. The Balaban J connectivity index is 1.85. The van der Waals surface area contributed by atoms with Gasteiger partial charge in [0.15, 0.2) is 0 Å². The van der Waals surface area contributed by atoms with E-state index >= 15 is 0 Å². The van der Waals surface area contributed by atoms with Gasteiger partial charge in [-0.05, 0) is 36.6 Å². The van der Waals surface area contributed by atoms with Gasteiger partial charge >= 0.3 is 0 Å². The molecule has 25 heavy (non-hydrogen) atoms. The second kappa shape index (κ2) is 7.34.